The lowest BCUT2D eigenvalue weighted by Crippen LogP contribution is -3.00. The van der Waals surface area contributed by atoms with Gasteiger partial charge in [0.2, 0.25) is 6.33 Å². The van der Waals surface area contributed by atoms with Gasteiger partial charge in [-0.3, -0.25) is 0 Å². The van der Waals surface area contributed by atoms with Crippen LogP contribution in [0.1, 0.15) is 22.3 Å². The van der Waals surface area contributed by atoms with Crippen molar-refractivity contribution in [3.05, 3.63) is 83.4 Å². The van der Waals surface area contributed by atoms with E-state index in [4.69, 9.17) is 0 Å². The highest BCUT2D eigenvalue weighted by Crippen LogP contribution is 2.05. The summed E-state index contributed by atoms with van der Waals surface area (Å²) in [7, 11) is 0. The maximum Gasteiger partial charge on any atom is 0.265 e. The molecule has 22 heavy (non-hydrogen) atoms. The van der Waals surface area contributed by atoms with Crippen molar-refractivity contribution in [2.24, 2.45) is 0 Å². The number of halogens is 1. The number of nitrogens with zero attached hydrogens (tertiary/aromatic N) is 3. The molecule has 0 aliphatic carbocycles. The highest BCUT2D eigenvalue weighted by atomic mass is 35.5. The van der Waals surface area contributed by atoms with E-state index < -0.39 is 0 Å². The van der Waals surface area contributed by atoms with Crippen molar-refractivity contribution in [1.29, 1.82) is 0 Å². The zero-order chi connectivity index (χ0) is 14.7. The second kappa shape index (κ2) is 7.23. The van der Waals surface area contributed by atoms with E-state index in [2.05, 4.69) is 78.4 Å². The molecular formula is C18H20ClN3. The average Bonchev–Trinajstić information content (AvgIpc) is 2.89. The van der Waals surface area contributed by atoms with Gasteiger partial charge in [-0.1, -0.05) is 59.7 Å². The van der Waals surface area contributed by atoms with E-state index in [1.165, 1.54) is 22.3 Å². The SMILES string of the molecule is Cc1ccc(C[n+]2cnn(Cc3cccc(C)c3)c2)cc1.[Cl-]. The first-order valence-electron chi connectivity index (χ1n) is 7.22. The van der Waals surface area contributed by atoms with Gasteiger partial charge in [0.15, 0.2) is 0 Å². The molecule has 0 N–H and O–H groups in total. The van der Waals surface area contributed by atoms with E-state index in [9.17, 15) is 0 Å². The maximum atomic E-state index is 4.43. The summed E-state index contributed by atoms with van der Waals surface area (Å²) in [6.07, 6.45) is 3.94. The number of benzene rings is 2. The fraction of sp³-hybridized carbons (Fsp3) is 0.222. The van der Waals surface area contributed by atoms with Gasteiger partial charge in [0.05, 0.1) is 6.54 Å². The number of hydrogen-bond acceptors (Lipinski definition) is 1. The number of hydrogen-bond donors (Lipinski definition) is 0. The van der Waals surface area contributed by atoms with E-state index in [0.29, 0.717) is 0 Å². The van der Waals surface area contributed by atoms with Gasteiger partial charge >= 0.3 is 0 Å². The van der Waals surface area contributed by atoms with Crippen LogP contribution in [-0.4, -0.2) is 9.78 Å². The quantitative estimate of drug-likeness (QED) is 0.616. The van der Waals surface area contributed by atoms with Crippen LogP contribution in [0.2, 0.25) is 0 Å². The first-order chi connectivity index (χ1) is 10.2. The van der Waals surface area contributed by atoms with Gasteiger partial charge in [0, 0.05) is 5.10 Å². The largest absolute Gasteiger partial charge is 1.00 e. The Bertz CT molecular complexity index is 732. The van der Waals surface area contributed by atoms with Gasteiger partial charge in [0.25, 0.3) is 6.33 Å². The minimum atomic E-state index is 0. The molecule has 1 aromatic heterocycles. The Labute approximate surface area is 137 Å². The molecule has 3 aromatic rings. The molecule has 0 saturated heterocycles. The van der Waals surface area contributed by atoms with Gasteiger partial charge in [-0.15, -0.1) is 4.68 Å². The minimum absolute atomic E-state index is 0. The summed E-state index contributed by atoms with van der Waals surface area (Å²) in [4.78, 5) is 0. The lowest BCUT2D eigenvalue weighted by Gasteiger charge is -1.99. The molecule has 3 nitrogen and oxygen atoms in total. The van der Waals surface area contributed by atoms with E-state index in [1.54, 1.807) is 0 Å². The van der Waals surface area contributed by atoms with Crippen LogP contribution in [0.15, 0.2) is 61.2 Å². The van der Waals surface area contributed by atoms with Crippen molar-refractivity contribution in [2.45, 2.75) is 26.9 Å². The molecule has 0 aliphatic rings. The minimum Gasteiger partial charge on any atom is -1.00 e. The van der Waals surface area contributed by atoms with Crippen LogP contribution in [0.4, 0.5) is 0 Å². The van der Waals surface area contributed by atoms with Crippen molar-refractivity contribution in [2.75, 3.05) is 0 Å². The third-order valence-electron chi connectivity index (χ3n) is 3.54. The van der Waals surface area contributed by atoms with Crippen LogP contribution in [0.25, 0.3) is 0 Å². The summed E-state index contributed by atoms with van der Waals surface area (Å²) >= 11 is 0. The zero-order valence-electron chi connectivity index (χ0n) is 12.9. The topological polar surface area (TPSA) is 21.7 Å². The molecule has 4 heteroatoms. The van der Waals surface area contributed by atoms with E-state index in [-0.39, 0.29) is 12.4 Å². The molecule has 1 heterocycles. The molecule has 0 bridgehead atoms. The number of aromatic nitrogens is 3. The van der Waals surface area contributed by atoms with Crippen LogP contribution in [-0.2, 0) is 13.1 Å². The first kappa shape index (κ1) is 16.2. The zero-order valence-corrected chi connectivity index (χ0v) is 13.7. The van der Waals surface area contributed by atoms with E-state index in [1.807, 2.05) is 11.0 Å². The van der Waals surface area contributed by atoms with Gasteiger partial charge in [-0.25, -0.2) is 4.57 Å². The molecule has 0 fully saturated rings. The Morgan fingerprint density at radius 1 is 0.955 bits per heavy atom. The van der Waals surface area contributed by atoms with Gasteiger partial charge in [-0.05, 0) is 25.0 Å². The molecule has 0 atom stereocenters. The fourth-order valence-electron chi connectivity index (χ4n) is 2.43. The van der Waals surface area contributed by atoms with Gasteiger partial charge < -0.3 is 12.4 Å². The summed E-state index contributed by atoms with van der Waals surface area (Å²) < 4.78 is 4.09. The Balaban J connectivity index is 0.00000176. The fourth-order valence-corrected chi connectivity index (χ4v) is 2.43. The average molecular weight is 314 g/mol. The second-order valence-corrected chi connectivity index (χ2v) is 5.59. The summed E-state index contributed by atoms with van der Waals surface area (Å²) in [5.41, 5.74) is 5.15. The van der Waals surface area contributed by atoms with Crippen LogP contribution in [0.5, 0.6) is 0 Å². The van der Waals surface area contributed by atoms with Crippen LogP contribution in [0, 0.1) is 13.8 Å². The smallest absolute Gasteiger partial charge is 0.265 e. The van der Waals surface area contributed by atoms with Crippen molar-refractivity contribution >= 4 is 0 Å². The Morgan fingerprint density at radius 2 is 1.73 bits per heavy atom. The number of rotatable bonds is 4. The predicted octanol–water partition coefficient (Wildman–Crippen LogP) is -0.112. The Morgan fingerprint density at radius 3 is 2.45 bits per heavy atom. The van der Waals surface area contributed by atoms with Crippen molar-refractivity contribution in [1.82, 2.24) is 9.78 Å². The maximum absolute atomic E-state index is 4.43. The Kier molecular flexibility index (Phi) is 5.34. The summed E-state index contributed by atoms with van der Waals surface area (Å²) in [6.45, 7) is 5.89. The summed E-state index contributed by atoms with van der Waals surface area (Å²) in [5, 5.41) is 4.43. The monoisotopic (exact) mass is 313 g/mol. The van der Waals surface area contributed by atoms with Crippen LogP contribution >= 0.6 is 0 Å². The third-order valence-corrected chi connectivity index (χ3v) is 3.54. The summed E-state index contributed by atoms with van der Waals surface area (Å²) in [5.74, 6) is 0. The molecule has 0 radical (unpaired) electrons. The summed E-state index contributed by atoms with van der Waals surface area (Å²) in [6, 6.07) is 17.2. The molecular weight excluding hydrogens is 294 g/mol. The molecule has 0 amide bonds. The molecule has 3 rings (SSSR count). The highest BCUT2D eigenvalue weighted by molar-refractivity contribution is 5.22. The van der Waals surface area contributed by atoms with E-state index in [0.717, 1.165) is 13.1 Å². The number of aryl methyl sites for hydroxylation is 2. The lowest BCUT2D eigenvalue weighted by atomic mass is 10.1. The van der Waals surface area contributed by atoms with Crippen molar-refractivity contribution < 1.29 is 17.0 Å². The van der Waals surface area contributed by atoms with Gasteiger partial charge in [0.1, 0.15) is 6.54 Å². The van der Waals surface area contributed by atoms with E-state index >= 15 is 0 Å². The molecule has 0 aliphatic heterocycles. The van der Waals surface area contributed by atoms with Crippen molar-refractivity contribution in [3.8, 4) is 0 Å². The molecule has 114 valence electrons. The second-order valence-electron chi connectivity index (χ2n) is 5.59. The molecule has 0 saturated carbocycles. The normalized spacial score (nSPS) is 10.3. The van der Waals surface area contributed by atoms with Crippen LogP contribution < -0.4 is 17.0 Å². The van der Waals surface area contributed by atoms with Crippen molar-refractivity contribution in [3.63, 3.8) is 0 Å². The highest BCUT2D eigenvalue weighted by Gasteiger charge is 2.07. The molecule has 0 unspecified atom stereocenters. The third kappa shape index (κ3) is 4.18. The Hall–Kier alpha value is -2.13. The predicted molar refractivity (Wildman–Crippen MR) is 83.0 cm³/mol. The molecule has 0 spiro atoms. The van der Waals surface area contributed by atoms with Gasteiger partial charge in [-0.2, -0.15) is 0 Å². The standard InChI is InChI=1S/C18H20N3.ClH/c1-15-6-8-17(9-7-15)11-20-13-19-21(14-20)12-18-5-3-4-16(2)10-18;/h3-10,13-14H,11-12H2,1-2H3;1H/q+1;/p-1. The first-order valence-corrected chi connectivity index (χ1v) is 7.22. The lowest BCUT2D eigenvalue weighted by molar-refractivity contribution is -0.689. The van der Waals surface area contributed by atoms with Crippen LogP contribution in [0.3, 0.4) is 0 Å². The molecule has 2 aromatic carbocycles.